The predicted molar refractivity (Wildman–Crippen MR) is 105 cm³/mol. The topological polar surface area (TPSA) is 100 Å². The van der Waals surface area contributed by atoms with Gasteiger partial charge in [-0.1, -0.05) is 18.2 Å². The number of methoxy groups -OCH3 is 1. The van der Waals surface area contributed by atoms with E-state index in [0.717, 1.165) is 11.3 Å². The third kappa shape index (κ3) is 6.78. The Morgan fingerprint density at radius 2 is 2.00 bits per heavy atom. The molecule has 2 amide bonds. The third-order valence-corrected chi connectivity index (χ3v) is 4.68. The van der Waals surface area contributed by atoms with Gasteiger partial charge in [-0.25, -0.2) is 0 Å². The minimum Gasteiger partial charge on any atom is -0.496 e. The summed E-state index contributed by atoms with van der Waals surface area (Å²) < 4.78 is 11.1. The number of rotatable bonds is 9. The first-order valence-electron chi connectivity index (χ1n) is 9.52. The van der Waals surface area contributed by atoms with E-state index in [1.54, 1.807) is 12.0 Å². The summed E-state index contributed by atoms with van der Waals surface area (Å²) in [6.45, 7) is 0.456. The van der Waals surface area contributed by atoms with E-state index >= 15 is 0 Å². The maximum absolute atomic E-state index is 12.3. The van der Waals surface area contributed by atoms with Crippen molar-refractivity contribution in [3.8, 4) is 5.75 Å². The van der Waals surface area contributed by atoms with Crippen molar-refractivity contribution in [1.29, 1.82) is 0 Å². The van der Waals surface area contributed by atoms with Crippen LogP contribution in [0.3, 0.4) is 0 Å². The SMILES string of the molecule is COc1ccccc1CNC(=O)C[C@@H]1CC[C@@H](NC(=O)CN(C)C)[C@@H](CO)O1. The number of ether oxygens (including phenoxy) is 2. The van der Waals surface area contributed by atoms with Crippen LogP contribution in [0, 0.1) is 0 Å². The van der Waals surface area contributed by atoms with E-state index in [0.29, 0.717) is 19.4 Å². The summed E-state index contributed by atoms with van der Waals surface area (Å²) in [5, 5.41) is 15.4. The standard InChI is InChI=1S/C20H31N3O5/c1-23(2)12-20(26)22-16-9-8-15(28-18(16)13-24)10-19(25)21-11-14-6-4-5-7-17(14)27-3/h4-7,15-16,18,24H,8-13H2,1-3H3,(H,21,25)(H,22,26)/t15-,16+,18+/m0/s1. The summed E-state index contributed by atoms with van der Waals surface area (Å²) in [6.07, 6.45) is 0.730. The van der Waals surface area contributed by atoms with Gasteiger partial charge in [0.2, 0.25) is 11.8 Å². The average Bonchev–Trinajstić information content (AvgIpc) is 2.67. The monoisotopic (exact) mass is 393 g/mol. The van der Waals surface area contributed by atoms with Crippen molar-refractivity contribution in [1.82, 2.24) is 15.5 Å². The summed E-state index contributed by atoms with van der Waals surface area (Å²) in [6, 6.07) is 7.28. The molecule has 8 heteroatoms. The van der Waals surface area contributed by atoms with Gasteiger partial charge in [0.1, 0.15) is 11.9 Å². The van der Waals surface area contributed by atoms with Crippen LogP contribution >= 0.6 is 0 Å². The maximum atomic E-state index is 12.3. The molecule has 0 bridgehead atoms. The fourth-order valence-corrected chi connectivity index (χ4v) is 3.31. The van der Waals surface area contributed by atoms with E-state index in [4.69, 9.17) is 9.47 Å². The molecule has 1 aromatic carbocycles. The number of carbonyl (C=O) groups excluding carboxylic acids is 2. The molecular formula is C20H31N3O5. The van der Waals surface area contributed by atoms with Gasteiger partial charge in [0.05, 0.1) is 38.8 Å². The molecular weight excluding hydrogens is 362 g/mol. The molecule has 0 aliphatic carbocycles. The zero-order valence-corrected chi connectivity index (χ0v) is 16.8. The highest BCUT2D eigenvalue weighted by Gasteiger charge is 2.32. The normalized spacial score (nSPS) is 22.0. The molecule has 0 saturated carbocycles. The Kier molecular flexibility index (Phi) is 8.69. The molecule has 0 aromatic heterocycles. The van der Waals surface area contributed by atoms with E-state index in [1.165, 1.54) is 0 Å². The van der Waals surface area contributed by atoms with Crippen molar-refractivity contribution >= 4 is 11.8 Å². The predicted octanol–water partition coefficient (Wildman–Crippen LogP) is 0.288. The second-order valence-electron chi connectivity index (χ2n) is 7.26. The van der Waals surface area contributed by atoms with E-state index in [9.17, 15) is 14.7 Å². The molecule has 0 radical (unpaired) electrons. The van der Waals surface area contributed by atoms with Crippen LogP contribution in [-0.2, 0) is 20.9 Å². The molecule has 0 unspecified atom stereocenters. The van der Waals surface area contributed by atoms with Crippen LogP contribution in [0.15, 0.2) is 24.3 Å². The second-order valence-corrected chi connectivity index (χ2v) is 7.26. The van der Waals surface area contributed by atoms with Crippen LogP contribution in [0.2, 0.25) is 0 Å². The summed E-state index contributed by atoms with van der Waals surface area (Å²) in [7, 11) is 5.24. The maximum Gasteiger partial charge on any atom is 0.234 e. The van der Waals surface area contributed by atoms with E-state index in [1.807, 2.05) is 38.4 Å². The van der Waals surface area contributed by atoms with E-state index in [-0.39, 0.29) is 43.5 Å². The number of carbonyl (C=O) groups is 2. The number of hydrogen-bond acceptors (Lipinski definition) is 6. The fraction of sp³-hybridized carbons (Fsp3) is 0.600. The number of likely N-dealkylation sites (N-methyl/N-ethyl adjacent to an activating group) is 1. The van der Waals surface area contributed by atoms with E-state index in [2.05, 4.69) is 10.6 Å². The third-order valence-electron chi connectivity index (χ3n) is 4.68. The van der Waals surface area contributed by atoms with E-state index < -0.39 is 6.10 Å². The zero-order chi connectivity index (χ0) is 20.5. The number of hydrogen-bond donors (Lipinski definition) is 3. The van der Waals surface area contributed by atoms with Gasteiger partial charge >= 0.3 is 0 Å². The van der Waals surface area contributed by atoms with Crippen LogP contribution in [0.5, 0.6) is 5.75 Å². The fourth-order valence-electron chi connectivity index (χ4n) is 3.31. The van der Waals surface area contributed by atoms with Gasteiger partial charge in [-0.3, -0.25) is 9.59 Å². The molecule has 3 N–H and O–H groups in total. The number of aliphatic hydroxyl groups is 1. The average molecular weight is 393 g/mol. The Labute approximate surface area is 166 Å². The minimum absolute atomic E-state index is 0.106. The molecule has 1 aliphatic heterocycles. The number of aliphatic hydroxyl groups excluding tert-OH is 1. The highest BCUT2D eigenvalue weighted by atomic mass is 16.5. The first kappa shape index (κ1) is 22.1. The summed E-state index contributed by atoms with van der Waals surface area (Å²) in [4.78, 5) is 26.0. The molecule has 28 heavy (non-hydrogen) atoms. The summed E-state index contributed by atoms with van der Waals surface area (Å²) >= 11 is 0. The Balaban J connectivity index is 1.80. The summed E-state index contributed by atoms with van der Waals surface area (Å²) in [5.41, 5.74) is 0.903. The van der Waals surface area contributed by atoms with Crippen molar-refractivity contribution in [2.45, 2.75) is 44.1 Å². The first-order chi connectivity index (χ1) is 13.4. The lowest BCUT2D eigenvalue weighted by Gasteiger charge is -2.36. The van der Waals surface area contributed by atoms with Crippen LogP contribution in [0.25, 0.3) is 0 Å². The van der Waals surface area contributed by atoms with Gasteiger partial charge in [0.25, 0.3) is 0 Å². The summed E-state index contributed by atoms with van der Waals surface area (Å²) in [5.74, 6) is 0.501. The molecule has 1 aromatic rings. The highest BCUT2D eigenvalue weighted by molar-refractivity contribution is 5.78. The van der Waals surface area contributed by atoms with Gasteiger partial charge in [0.15, 0.2) is 0 Å². The van der Waals surface area contributed by atoms with Gasteiger partial charge in [-0.15, -0.1) is 0 Å². The smallest absolute Gasteiger partial charge is 0.234 e. The lowest BCUT2D eigenvalue weighted by molar-refractivity contribution is -0.136. The Hall–Kier alpha value is -2.16. The molecule has 1 saturated heterocycles. The van der Waals surface area contributed by atoms with Crippen LogP contribution in [-0.4, -0.2) is 74.4 Å². The molecule has 0 spiro atoms. The second kappa shape index (κ2) is 11.0. The molecule has 3 atom stereocenters. The molecule has 2 rings (SSSR count). The number of nitrogens with zero attached hydrogens (tertiary/aromatic N) is 1. The van der Waals surface area contributed by atoms with Crippen molar-refractivity contribution in [2.24, 2.45) is 0 Å². The number of para-hydroxylation sites is 1. The molecule has 1 aliphatic rings. The molecule has 8 nitrogen and oxygen atoms in total. The minimum atomic E-state index is -0.508. The van der Waals surface area contributed by atoms with Crippen LogP contribution in [0.4, 0.5) is 0 Å². The van der Waals surface area contributed by atoms with Crippen molar-refractivity contribution < 1.29 is 24.2 Å². The van der Waals surface area contributed by atoms with Gasteiger partial charge in [-0.05, 0) is 33.0 Å². The molecule has 1 fully saturated rings. The zero-order valence-electron chi connectivity index (χ0n) is 16.8. The number of benzene rings is 1. The van der Waals surface area contributed by atoms with Crippen molar-refractivity contribution in [3.05, 3.63) is 29.8 Å². The van der Waals surface area contributed by atoms with Crippen molar-refractivity contribution in [3.63, 3.8) is 0 Å². The lowest BCUT2D eigenvalue weighted by atomic mass is 9.97. The Morgan fingerprint density at radius 3 is 2.68 bits per heavy atom. The van der Waals surface area contributed by atoms with Crippen LogP contribution in [0.1, 0.15) is 24.8 Å². The molecule has 156 valence electrons. The highest BCUT2D eigenvalue weighted by Crippen LogP contribution is 2.22. The lowest BCUT2D eigenvalue weighted by Crippen LogP contribution is -2.52. The quantitative estimate of drug-likeness (QED) is 0.558. The van der Waals surface area contributed by atoms with Crippen LogP contribution < -0.4 is 15.4 Å². The van der Waals surface area contributed by atoms with Gasteiger partial charge < -0.3 is 30.1 Å². The van der Waals surface area contributed by atoms with Gasteiger partial charge in [-0.2, -0.15) is 0 Å². The largest absolute Gasteiger partial charge is 0.496 e. The Bertz CT molecular complexity index is 652. The Morgan fingerprint density at radius 1 is 1.25 bits per heavy atom. The molecule has 1 heterocycles. The first-order valence-corrected chi connectivity index (χ1v) is 9.52. The number of amides is 2. The van der Waals surface area contributed by atoms with Gasteiger partial charge in [0, 0.05) is 12.1 Å². The number of nitrogens with one attached hydrogen (secondary N) is 2. The van der Waals surface area contributed by atoms with Crippen molar-refractivity contribution in [2.75, 3.05) is 34.4 Å².